The van der Waals surface area contributed by atoms with E-state index >= 15 is 0 Å². The lowest BCUT2D eigenvalue weighted by Gasteiger charge is -1.85. The summed E-state index contributed by atoms with van der Waals surface area (Å²) in [5.41, 5.74) is 0.394. The molecule has 9 heavy (non-hydrogen) atoms. The largest absolute Gasteiger partial charge is 0.359 e. The van der Waals surface area contributed by atoms with Crippen molar-refractivity contribution in [1.29, 1.82) is 0 Å². The minimum absolute atomic E-state index is 0.389. The van der Waals surface area contributed by atoms with E-state index in [-0.39, 0.29) is 5.78 Å². The molecule has 47 valence electrons. The van der Waals surface area contributed by atoms with Crippen molar-refractivity contribution in [2.24, 2.45) is 0 Å². The van der Waals surface area contributed by atoms with Gasteiger partial charge in [0.25, 0.3) is 0 Å². The van der Waals surface area contributed by atoms with Gasteiger partial charge in [-0.25, -0.2) is 5.11 Å². The van der Waals surface area contributed by atoms with E-state index in [2.05, 4.69) is 4.98 Å². The number of hydrogen-bond donors (Lipinski definition) is 1. The van der Waals surface area contributed by atoms with E-state index in [1.165, 1.54) is 0 Å². The van der Waals surface area contributed by atoms with Crippen LogP contribution in [-0.4, -0.2) is 17.4 Å². The third kappa shape index (κ3) is 1.17. The lowest BCUT2D eigenvalue weighted by molar-refractivity contribution is 0.0822. The fraction of sp³-hybridized carbons (Fsp3) is 0.167. The zero-order valence-corrected chi connectivity index (χ0v) is 4.76. The highest BCUT2D eigenvalue weighted by Gasteiger charge is 2.02. The molecule has 0 fully saturated rings. The minimum atomic E-state index is -0.680. The Hall–Kier alpha value is -1.09. The van der Waals surface area contributed by atoms with Crippen LogP contribution in [0.3, 0.4) is 0 Å². The van der Waals surface area contributed by atoms with E-state index < -0.39 is 6.61 Å². The molecule has 1 radical (unpaired) electrons. The Balaban J connectivity index is 2.77. The maximum atomic E-state index is 10.5. The van der Waals surface area contributed by atoms with E-state index in [1.807, 2.05) is 0 Å². The van der Waals surface area contributed by atoms with Crippen LogP contribution in [0.2, 0.25) is 0 Å². The van der Waals surface area contributed by atoms with Crippen molar-refractivity contribution in [1.82, 2.24) is 4.98 Å². The van der Waals surface area contributed by atoms with Crippen LogP contribution >= 0.6 is 0 Å². The topological polar surface area (TPSA) is 52.8 Å². The second-order valence-electron chi connectivity index (χ2n) is 1.65. The van der Waals surface area contributed by atoms with Gasteiger partial charge in [-0.2, -0.15) is 0 Å². The molecule has 1 rings (SSSR count). The Morgan fingerprint density at radius 1 is 1.67 bits per heavy atom. The molecule has 0 atom stereocenters. The first-order valence-electron chi connectivity index (χ1n) is 2.59. The predicted octanol–water partition coefficient (Wildman–Crippen LogP) is 0.628. The highest BCUT2D eigenvalue weighted by atomic mass is 16.3. The Kier molecular flexibility index (Phi) is 1.65. The van der Waals surface area contributed by atoms with Crippen LogP contribution < -0.4 is 0 Å². The molecule has 1 aromatic rings. The van der Waals surface area contributed by atoms with Crippen LogP contribution in [-0.2, 0) is 5.11 Å². The summed E-state index contributed by atoms with van der Waals surface area (Å²) in [6.07, 6.45) is 1.61. The van der Waals surface area contributed by atoms with Gasteiger partial charge in [0.1, 0.15) is 6.61 Å². The van der Waals surface area contributed by atoms with Crippen molar-refractivity contribution < 1.29 is 9.90 Å². The monoisotopic (exact) mass is 124 g/mol. The fourth-order valence-electron chi connectivity index (χ4n) is 0.582. The van der Waals surface area contributed by atoms with Gasteiger partial charge in [-0.05, 0) is 12.1 Å². The molecule has 0 aromatic carbocycles. The zero-order chi connectivity index (χ0) is 6.69. The lowest BCUT2D eigenvalue weighted by Crippen LogP contribution is -2.02. The number of carbonyl (C=O) groups excluding carboxylic acids is 1. The molecule has 0 unspecified atom stereocenters. The predicted molar refractivity (Wildman–Crippen MR) is 30.7 cm³/mol. The van der Waals surface area contributed by atoms with Gasteiger partial charge < -0.3 is 4.98 Å². The highest BCUT2D eigenvalue weighted by molar-refractivity contribution is 5.95. The smallest absolute Gasteiger partial charge is 0.207 e. The summed E-state index contributed by atoms with van der Waals surface area (Å²) in [5, 5.41) is 9.96. The van der Waals surface area contributed by atoms with Gasteiger partial charge in [0, 0.05) is 6.20 Å². The number of aromatic amines is 1. The van der Waals surface area contributed by atoms with E-state index in [1.54, 1.807) is 18.3 Å². The maximum absolute atomic E-state index is 10.5. The van der Waals surface area contributed by atoms with E-state index in [4.69, 9.17) is 0 Å². The third-order valence-corrected chi connectivity index (χ3v) is 1.03. The maximum Gasteiger partial charge on any atom is 0.207 e. The Bertz CT molecular complexity index is 191. The van der Waals surface area contributed by atoms with Gasteiger partial charge in [0.2, 0.25) is 5.78 Å². The molecule has 0 amide bonds. The fourth-order valence-corrected chi connectivity index (χ4v) is 0.582. The Morgan fingerprint density at radius 2 is 2.44 bits per heavy atom. The van der Waals surface area contributed by atoms with Crippen LogP contribution in [0.5, 0.6) is 0 Å². The Morgan fingerprint density at radius 3 is 2.89 bits per heavy atom. The molecule has 3 nitrogen and oxygen atoms in total. The SMILES string of the molecule is [O]CC(=O)c1ccc[nH]1. The van der Waals surface area contributed by atoms with Crippen molar-refractivity contribution in [2.45, 2.75) is 0 Å². The van der Waals surface area contributed by atoms with Crippen molar-refractivity contribution in [3.8, 4) is 0 Å². The summed E-state index contributed by atoms with van der Waals surface area (Å²) in [6, 6.07) is 3.27. The lowest BCUT2D eigenvalue weighted by atomic mass is 10.3. The third-order valence-electron chi connectivity index (χ3n) is 1.03. The zero-order valence-electron chi connectivity index (χ0n) is 4.76. The molecule has 0 aliphatic carbocycles. The molecule has 1 heterocycles. The van der Waals surface area contributed by atoms with Crippen LogP contribution in [0.15, 0.2) is 18.3 Å². The van der Waals surface area contributed by atoms with Gasteiger partial charge >= 0.3 is 0 Å². The molecule has 1 N–H and O–H groups in total. The van der Waals surface area contributed by atoms with Gasteiger partial charge in [-0.3, -0.25) is 4.79 Å². The molecule has 0 saturated carbocycles. The van der Waals surface area contributed by atoms with E-state index in [0.29, 0.717) is 5.69 Å². The minimum Gasteiger partial charge on any atom is -0.359 e. The molecular weight excluding hydrogens is 118 g/mol. The van der Waals surface area contributed by atoms with Crippen LogP contribution in [0.25, 0.3) is 0 Å². The van der Waals surface area contributed by atoms with Crippen LogP contribution in [0.4, 0.5) is 0 Å². The average Bonchev–Trinajstić information content (AvgIpc) is 2.37. The second kappa shape index (κ2) is 2.46. The first kappa shape index (κ1) is 6.04. The number of rotatable bonds is 2. The average molecular weight is 124 g/mol. The van der Waals surface area contributed by atoms with Crippen LogP contribution in [0.1, 0.15) is 10.5 Å². The number of ketones is 1. The van der Waals surface area contributed by atoms with E-state index in [9.17, 15) is 9.90 Å². The molecule has 0 saturated heterocycles. The van der Waals surface area contributed by atoms with Gasteiger partial charge in [0.15, 0.2) is 0 Å². The standard InChI is InChI=1S/C6H6NO2/c8-4-6(9)5-2-1-3-7-5/h1-3,7H,4H2. The molecule has 3 heteroatoms. The number of nitrogens with one attached hydrogen (secondary N) is 1. The van der Waals surface area contributed by atoms with Crippen molar-refractivity contribution in [2.75, 3.05) is 6.61 Å². The normalized spacial score (nSPS) is 9.44. The van der Waals surface area contributed by atoms with Crippen molar-refractivity contribution in [3.63, 3.8) is 0 Å². The molecule has 0 bridgehead atoms. The summed E-state index contributed by atoms with van der Waals surface area (Å²) in [5.74, 6) is -0.389. The molecule has 0 spiro atoms. The highest BCUT2D eigenvalue weighted by Crippen LogP contribution is 1.93. The number of aromatic nitrogens is 1. The number of carbonyl (C=O) groups is 1. The van der Waals surface area contributed by atoms with Gasteiger partial charge in [-0.1, -0.05) is 0 Å². The molecule has 1 aromatic heterocycles. The summed E-state index contributed by atoms with van der Waals surface area (Å²) >= 11 is 0. The molecule has 0 aliphatic rings. The first-order valence-corrected chi connectivity index (χ1v) is 2.59. The number of hydrogen-bond acceptors (Lipinski definition) is 1. The number of H-pyrrole nitrogens is 1. The summed E-state index contributed by atoms with van der Waals surface area (Å²) in [6.45, 7) is -0.680. The first-order chi connectivity index (χ1) is 4.34. The van der Waals surface area contributed by atoms with Crippen molar-refractivity contribution in [3.05, 3.63) is 24.0 Å². The van der Waals surface area contributed by atoms with Crippen LogP contribution in [0, 0.1) is 0 Å². The molecular formula is C6H6NO2. The number of Topliss-reactive ketones (excluding diaryl/α,β-unsaturated/α-hetero) is 1. The summed E-state index contributed by atoms with van der Waals surface area (Å²) < 4.78 is 0. The summed E-state index contributed by atoms with van der Waals surface area (Å²) in [7, 11) is 0. The summed E-state index contributed by atoms with van der Waals surface area (Å²) in [4.78, 5) is 13.2. The van der Waals surface area contributed by atoms with Crippen molar-refractivity contribution >= 4 is 5.78 Å². The van der Waals surface area contributed by atoms with Gasteiger partial charge in [0.05, 0.1) is 5.69 Å². The van der Waals surface area contributed by atoms with E-state index in [0.717, 1.165) is 0 Å². The quantitative estimate of drug-likeness (QED) is 0.577. The van der Waals surface area contributed by atoms with Gasteiger partial charge in [-0.15, -0.1) is 0 Å². The Labute approximate surface area is 52.3 Å². The molecule has 0 aliphatic heterocycles. The second-order valence-corrected chi connectivity index (χ2v) is 1.65.